The minimum Gasteiger partial charge on any atom is -0.493 e. The molecule has 0 aliphatic rings. The van der Waals surface area contributed by atoms with E-state index in [1.165, 1.54) is 5.56 Å². The Morgan fingerprint density at radius 3 is 2.45 bits per heavy atom. The van der Waals surface area contributed by atoms with Gasteiger partial charge in [0.15, 0.2) is 11.5 Å². The second-order valence-corrected chi connectivity index (χ2v) is 5.37. The summed E-state index contributed by atoms with van der Waals surface area (Å²) in [6.45, 7) is 8.71. The first-order valence-electron chi connectivity index (χ1n) is 7.10. The Labute approximate surface area is 122 Å². The Balaban J connectivity index is 2.60. The molecule has 1 atom stereocenters. The molecule has 0 fully saturated rings. The fraction of sp³-hybridized carbons (Fsp3) is 0.625. The number of methoxy groups -OCH3 is 2. The lowest BCUT2D eigenvalue weighted by atomic mass is 10.2. The fourth-order valence-corrected chi connectivity index (χ4v) is 1.72. The second-order valence-electron chi connectivity index (χ2n) is 5.37. The van der Waals surface area contributed by atoms with Crippen molar-refractivity contribution in [2.45, 2.75) is 33.4 Å². The Bertz CT molecular complexity index is 393. The van der Waals surface area contributed by atoms with Gasteiger partial charge in [0, 0.05) is 13.7 Å². The summed E-state index contributed by atoms with van der Waals surface area (Å²) in [7, 11) is 3.34. The smallest absolute Gasteiger partial charge is 0.161 e. The van der Waals surface area contributed by atoms with Gasteiger partial charge in [0.2, 0.25) is 0 Å². The van der Waals surface area contributed by atoms with Crippen molar-refractivity contribution in [3.63, 3.8) is 0 Å². The second kappa shape index (κ2) is 8.82. The third-order valence-electron chi connectivity index (χ3n) is 2.99. The van der Waals surface area contributed by atoms with Gasteiger partial charge in [0.25, 0.3) is 0 Å². The summed E-state index contributed by atoms with van der Waals surface area (Å²) >= 11 is 0. The van der Waals surface area contributed by atoms with Gasteiger partial charge < -0.3 is 19.5 Å². The normalized spacial score (nSPS) is 12.5. The van der Waals surface area contributed by atoms with Gasteiger partial charge in [-0.05, 0) is 37.1 Å². The average molecular weight is 281 g/mol. The van der Waals surface area contributed by atoms with Crippen molar-refractivity contribution in [1.29, 1.82) is 0 Å². The molecule has 4 nitrogen and oxygen atoms in total. The molecule has 0 bridgehead atoms. The minimum atomic E-state index is 0.0621. The van der Waals surface area contributed by atoms with Crippen LogP contribution in [0.3, 0.4) is 0 Å². The molecule has 1 aromatic carbocycles. The SMILES string of the molecule is COc1cc(CNCC(C)C)ccc1OCC(C)OC. The Morgan fingerprint density at radius 1 is 1.10 bits per heavy atom. The number of ether oxygens (including phenoxy) is 3. The third-order valence-corrected chi connectivity index (χ3v) is 2.99. The Hall–Kier alpha value is -1.26. The Kier molecular flexibility index (Phi) is 7.41. The van der Waals surface area contributed by atoms with Crippen LogP contribution in [0.15, 0.2) is 18.2 Å². The van der Waals surface area contributed by atoms with Crippen LogP contribution >= 0.6 is 0 Å². The highest BCUT2D eigenvalue weighted by Gasteiger charge is 2.08. The zero-order valence-electron chi connectivity index (χ0n) is 13.2. The average Bonchev–Trinajstić information content (AvgIpc) is 2.44. The highest BCUT2D eigenvalue weighted by Crippen LogP contribution is 2.28. The standard InChI is InChI=1S/C16H27NO3/c1-12(2)9-17-10-14-6-7-15(16(8-14)19-5)20-11-13(3)18-4/h6-8,12-13,17H,9-11H2,1-5H3. The van der Waals surface area contributed by atoms with E-state index in [0.717, 1.165) is 24.6 Å². The number of rotatable bonds is 9. The van der Waals surface area contributed by atoms with Crippen LogP contribution in [-0.4, -0.2) is 33.5 Å². The molecule has 0 heterocycles. The molecular weight excluding hydrogens is 254 g/mol. The third kappa shape index (κ3) is 5.80. The van der Waals surface area contributed by atoms with E-state index in [4.69, 9.17) is 14.2 Å². The van der Waals surface area contributed by atoms with Gasteiger partial charge in [0.05, 0.1) is 13.2 Å². The molecule has 0 saturated heterocycles. The monoisotopic (exact) mass is 281 g/mol. The maximum Gasteiger partial charge on any atom is 0.161 e. The first-order chi connectivity index (χ1) is 9.56. The highest BCUT2D eigenvalue weighted by atomic mass is 16.5. The maximum atomic E-state index is 5.71. The molecule has 1 N–H and O–H groups in total. The lowest BCUT2D eigenvalue weighted by molar-refractivity contribution is 0.0706. The van der Waals surface area contributed by atoms with Gasteiger partial charge in [-0.25, -0.2) is 0 Å². The number of nitrogens with one attached hydrogen (secondary N) is 1. The molecule has 0 amide bonds. The maximum absolute atomic E-state index is 5.71. The quantitative estimate of drug-likeness (QED) is 0.755. The van der Waals surface area contributed by atoms with E-state index >= 15 is 0 Å². The highest BCUT2D eigenvalue weighted by molar-refractivity contribution is 5.42. The number of hydrogen-bond acceptors (Lipinski definition) is 4. The first kappa shape index (κ1) is 16.8. The van der Waals surface area contributed by atoms with Gasteiger partial charge >= 0.3 is 0 Å². The van der Waals surface area contributed by atoms with Crippen molar-refractivity contribution < 1.29 is 14.2 Å². The van der Waals surface area contributed by atoms with Gasteiger partial charge in [-0.15, -0.1) is 0 Å². The fourth-order valence-electron chi connectivity index (χ4n) is 1.72. The molecule has 0 aromatic heterocycles. The van der Waals surface area contributed by atoms with E-state index in [1.807, 2.05) is 19.1 Å². The summed E-state index contributed by atoms with van der Waals surface area (Å²) in [5.74, 6) is 2.16. The van der Waals surface area contributed by atoms with Crippen LogP contribution < -0.4 is 14.8 Å². The predicted molar refractivity (Wildman–Crippen MR) is 81.5 cm³/mol. The molecule has 0 spiro atoms. The lowest BCUT2D eigenvalue weighted by Gasteiger charge is -2.15. The summed E-state index contributed by atoms with van der Waals surface area (Å²) in [6, 6.07) is 6.02. The summed E-state index contributed by atoms with van der Waals surface area (Å²) in [6.07, 6.45) is 0.0621. The van der Waals surface area contributed by atoms with Gasteiger partial charge in [-0.3, -0.25) is 0 Å². The lowest BCUT2D eigenvalue weighted by Crippen LogP contribution is -2.19. The zero-order chi connectivity index (χ0) is 15.0. The molecule has 114 valence electrons. The molecule has 4 heteroatoms. The van der Waals surface area contributed by atoms with Crippen molar-refractivity contribution in [1.82, 2.24) is 5.32 Å². The molecule has 20 heavy (non-hydrogen) atoms. The summed E-state index contributed by atoms with van der Waals surface area (Å²) in [5.41, 5.74) is 1.19. The van der Waals surface area contributed by atoms with E-state index in [9.17, 15) is 0 Å². The van der Waals surface area contributed by atoms with Crippen LogP contribution in [0.2, 0.25) is 0 Å². The van der Waals surface area contributed by atoms with Gasteiger partial charge in [-0.2, -0.15) is 0 Å². The van der Waals surface area contributed by atoms with Crippen molar-refractivity contribution >= 4 is 0 Å². The van der Waals surface area contributed by atoms with Crippen LogP contribution in [-0.2, 0) is 11.3 Å². The molecule has 1 unspecified atom stereocenters. The zero-order valence-corrected chi connectivity index (χ0v) is 13.2. The van der Waals surface area contributed by atoms with E-state index in [-0.39, 0.29) is 6.10 Å². The van der Waals surface area contributed by atoms with Crippen molar-refractivity contribution in [3.05, 3.63) is 23.8 Å². The predicted octanol–water partition coefficient (Wildman–Crippen LogP) is 2.85. The molecule has 1 aromatic rings. The van der Waals surface area contributed by atoms with Crippen LogP contribution in [0, 0.1) is 5.92 Å². The molecule has 0 saturated carbocycles. The van der Waals surface area contributed by atoms with Crippen LogP contribution in [0.5, 0.6) is 11.5 Å². The van der Waals surface area contributed by atoms with E-state index < -0.39 is 0 Å². The van der Waals surface area contributed by atoms with E-state index in [2.05, 4.69) is 25.2 Å². The topological polar surface area (TPSA) is 39.7 Å². The van der Waals surface area contributed by atoms with Gasteiger partial charge in [-0.1, -0.05) is 19.9 Å². The number of benzene rings is 1. The molecule has 0 aliphatic carbocycles. The largest absolute Gasteiger partial charge is 0.493 e. The van der Waals surface area contributed by atoms with Crippen LogP contribution in [0.1, 0.15) is 26.3 Å². The first-order valence-corrected chi connectivity index (χ1v) is 7.10. The minimum absolute atomic E-state index is 0.0621. The summed E-state index contributed by atoms with van der Waals surface area (Å²) in [5, 5.41) is 3.41. The Morgan fingerprint density at radius 2 is 1.85 bits per heavy atom. The van der Waals surface area contributed by atoms with Crippen LogP contribution in [0.4, 0.5) is 0 Å². The molecule has 0 radical (unpaired) electrons. The molecular formula is C16H27NO3. The number of hydrogen-bond donors (Lipinski definition) is 1. The van der Waals surface area contributed by atoms with E-state index in [0.29, 0.717) is 12.5 Å². The van der Waals surface area contributed by atoms with E-state index in [1.54, 1.807) is 14.2 Å². The van der Waals surface area contributed by atoms with Crippen molar-refractivity contribution in [2.75, 3.05) is 27.4 Å². The van der Waals surface area contributed by atoms with Crippen molar-refractivity contribution in [2.24, 2.45) is 5.92 Å². The molecule has 0 aliphatic heterocycles. The molecule has 1 rings (SSSR count). The van der Waals surface area contributed by atoms with Crippen LogP contribution in [0.25, 0.3) is 0 Å². The summed E-state index contributed by atoms with van der Waals surface area (Å²) < 4.78 is 16.3. The van der Waals surface area contributed by atoms with Gasteiger partial charge in [0.1, 0.15) is 6.61 Å². The summed E-state index contributed by atoms with van der Waals surface area (Å²) in [4.78, 5) is 0. The van der Waals surface area contributed by atoms with Crippen molar-refractivity contribution in [3.8, 4) is 11.5 Å².